The molecule has 0 fully saturated rings. The van der Waals surface area contributed by atoms with Crippen LogP contribution in [-0.4, -0.2) is 31.2 Å². The van der Waals surface area contributed by atoms with Gasteiger partial charge in [0.1, 0.15) is 11.5 Å². The summed E-state index contributed by atoms with van der Waals surface area (Å²) in [6.45, 7) is 2.33. The molecular formula is C19H24F2N4O2. The highest BCUT2D eigenvalue weighted by atomic mass is 19.3. The van der Waals surface area contributed by atoms with Crippen molar-refractivity contribution in [3.8, 4) is 11.5 Å². The number of ether oxygens (including phenoxy) is 2. The van der Waals surface area contributed by atoms with E-state index in [1.54, 1.807) is 18.3 Å². The van der Waals surface area contributed by atoms with Gasteiger partial charge in [0, 0.05) is 18.3 Å². The van der Waals surface area contributed by atoms with Gasteiger partial charge in [-0.05, 0) is 43.7 Å². The third-order valence-electron chi connectivity index (χ3n) is 3.78. The molecule has 0 aliphatic heterocycles. The van der Waals surface area contributed by atoms with Gasteiger partial charge < -0.3 is 20.1 Å². The zero-order valence-electron chi connectivity index (χ0n) is 15.6. The Balaban J connectivity index is 2.14. The number of methoxy groups -OCH3 is 1. The molecule has 27 heavy (non-hydrogen) atoms. The highest BCUT2D eigenvalue weighted by Crippen LogP contribution is 2.26. The van der Waals surface area contributed by atoms with Crippen LogP contribution in [-0.2, 0) is 13.1 Å². The molecule has 2 rings (SSSR count). The molecule has 0 saturated heterocycles. The Hall–Kier alpha value is -2.90. The van der Waals surface area contributed by atoms with Crippen LogP contribution in [0, 0.1) is 6.92 Å². The summed E-state index contributed by atoms with van der Waals surface area (Å²) in [4.78, 5) is 8.79. The molecule has 0 saturated carbocycles. The van der Waals surface area contributed by atoms with Crippen molar-refractivity contribution >= 4 is 5.96 Å². The first-order chi connectivity index (χ1) is 13.0. The zero-order valence-corrected chi connectivity index (χ0v) is 15.6. The van der Waals surface area contributed by atoms with Crippen molar-refractivity contribution in [2.45, 2.75) is 33.5 Å². The smallest absolute Gasteiger partial charge is 0.387 e. The summed E-state index contributed by atoms with van der Waals surface area (Å²) in [6, 6.07) is 8.52. The van der Waals surface area contributed by atoms with Crippen LogP contribution < -0.4 is 20.1 Å². The van der Waals surface area contributed by atoms with Gasteiger partial charge in [0.15, 0.2) is 5.96 Å². The average Bonchev–Trinajstić information content (AvgIpc) is 2.65. The van der Waals surface area contributed by atoms with Gasteiger partial charge in [-0.15, -0.1) is 0 Å². The largest absolute Gasteiger partial charge is 0.497 e. The van der Waals surface area contributed by atoms with E-state index in [1.165, 1.54) is 13.2 Å². The number of guanidine groups is 1. The number of aryl methyl sites for hydroxylation is 1. The minimum atomic E-state index is -2.90. The molecule has 2 N–H and O–H groups in total. The van der Waals surface area contributed by atoms with Gasteiger partial charge in [-0.25, -0.2) is 4.99 Å². The minimum absolute atomic E-state index is 0.0750. The number of halogens is 2. The fraction of sp³-hybridized carbons (Fsp3) is 0.368. The number of nitrogens with one attached hydrogen (secondary N) is 2. The molecule has 0 unspecified atom stereocenters. The second-order valence-electron chi connectivity index (χ2n) is 5.67. The van der Waals surface area contributed by atoms with Crippen molar-refractivity contribution in [3.05, 3.63) is 53.3 Å². The molecule has 146 valence electrons. The van der Waals surface area contributed by atoms with E-state index in [-0.39, 0.29) is 12.3 Å². The fourth-order valence-electron chi connectivity index (χ4n) is 2.39. The lowest BCUT2D eigenvalue weighted by Crippen LogP contribution is -2.37. The summed E-state index contributed by atoms with van der Waals surface area (Å²) < 4.78 is 35.0. The van der Waals surface area contributed by atoms with E-state index in [9.17, 15) is 8.78 Å². The molecule has 0 atom stereocenters. The number of nitrogens with zero attached hydrogens (tertiary/aromatic N) is 2. The molecule has 0 aliphatic rings. The van der Waals surface area contributed by atoms with E-state index in [2.05, 4.69) is 25.3 Å². The van der Waals surface area contributed by atoms with Crippen molar-refractivity contribution in [2.24, 2.45) is 4.99 Å². The molecule has 0 amide bonds. The van der Waals surface area contributed by atoms with E-state index in [0.717, 1.165) is 11.3 Å². The number of aromatic nitrogens is 1. The molecule has 0 aliphatic carbocycles. The summed E-state index contributed by atoms with van der Waals surface area (Å²) in [5.74, 6) is 1.17. The number of hydrogen-bond donors (Lipinski definition) is 2. The topological polar surface area (TPSA) is 67.8 Å². The van der Waals surface area contributed by atoms with Crippen LogP contribution >= 0.6 is 0 Å². The molecule has 1 aromatic heterocycles. The Kier molecular flexibility index (Phi) is 7.79. The maximum atomic E-state index is 12.6. The highest BCUT2D eigenvalue weighted by molar-refractivity contribution is 5.79. The van der Waals surface area contributed by atoms with Crippen molar-refractivity contribution in [1.29, 1.82) is 0 Å². The highest BCUT2D eigenvalue weighted by Gasteiger charge is 2.11. The summed E-state index contributed by atoms with van der Waals surface area (Å²) in [5.41, 5.74) is 2.48. The normalized spacial score (nSPS) is 11.4. The SMILES string of the molecule is CCNC(=NCc1cc(OC)ccc1OC(F)F)NCc1ncccc1C. The van der Waals surface area contributed by atoms with Gasteiger partial charge in [-0.2, -0.15) is 8.78 Å². The standard InChI is InChI=1S/C19H24F2N4O2/c1-4-22-19(25-12-16-13(2)6-5-9-23-16)24-11-14-10-15(26-3)7-8-17(14)27-18(20)21/h5-10,18H,4,11-12H2,1-3H3,(H2,22,24,25). The number of alkyl halides is 2. The maximum Gasteiger partial charge on any atom is 0.387 e. The minimum Gasteiger partial charge on any atom is -0.497 e. The first kappa shape index (κ1) is 20.4. The van der Waals surface area contributed by atoms with Crippen LogP contribution in [0.5, 0.6) is 11.5 Å². The molecule has 0 radical (unpaired) electrons. The Labute approximate surface area is 157 Å². The van der Waals surface area contributed by atoms with Gasteiger partial charge >= 0.3 is 6.61 Å². The quantitative estimate of drug-likeness (QED) is 0.545. The Bertz CT molecular complexity index is 769. The first-order valence-corrected chi connectivity index (χ1v) is 8.57. The Morgan fingerprint density at radius 3 is 2.74 bits per heavy atom. The molecule has 2 aromatic rings. The maximum absolute atomic E-state index is 12.6. The van der Waals surface area contributed by atoms with Gasteiger partial charge in [-0.1, -0.05) is 6.07 Å². The average molecular weight is 378 g/mol. The molecule has 1 aromatic carbocycles. The fourth-order valence-corrected chi connectivity index (χ4v) is 2.39. The summed E-state index contributed by atoms with van der Waals surface area (Å²) in [5, 5.41) is 6.32. The van der Waals surface area contributed by atoms with Gasteiger partial charge in [0.2, 0.25) is 0 Å². The van der Waals surface area contributed by atoms with Crippen LogP contribution in [0.4, 0.5) is 8.78 Å². The second-order valence-corrected chi connectivity index (χ2v) is 5.67. The van der Waals surface area contributed by atoms with Gasteiger partial charge in [0.05, 0.1) is 25.9 Å². The number of rotatable bonds is 8. The second kappa shape index (κ2) is 10.3. The van der Waals surface area contributed by atoms with Crippen LogP contribution in [0.1, 0.15) is 23.7 Å². The van der Waals surface area contributed by atoms with E-state index >= 15 is 0 Å². The lowest BCUT2D eigenvalue weighted by molar-refractivity contribution is -0.0504. The number of pyridine rings is 1. The van der Waals surface area contributed by atoms with E-state index in [1.807, 2.05) is 26.0 Å². The van der Waals surface area contributed by atoms with E-state index in [4.69, 9.17) is 4.74 Å². The Morgan fingerprint density at radius 1 is 1.26 bits per heavy atom. The molecule has 1 heterocycles. The van der Waals surface area contributed by atoms with Crippen LogP contribution in [0.3, 0.4) is 0 Å². The number of hydrogen-bond acceptors (Lipinski definition) is 4. The monoisotopic (exact) mass is 378 g/mol. The predicted octanol–water partition coefficient (Wildman–Crippen LogP) is 3.26. The Morgan fingerprint density at radius 2 is 2.07 bits per heavy atom. The van der Waals surface area contributed by atoms with Gasteiger partial charge in [-0.3, -0.25) is 4.98 Å². The van der Waals surface area contributed by atoms with Crippen molar-refractivity contribution in [1.82, 2.24) is 15.6 Å². The van der Waals surface area contributed by atoms with Crippen molar-refractivity contribution in [3.63, 3.8) is 0 Å². The van der Waals surface area contributed by atoms with Crippen molar-refractivity contribution < 1.29 is 18.3 Å². The third kappa shape index (κ3) is 6.40. The van der Waals surface area contributed by atoms with Crippen molar-refractivity contribution in [2.75, 3.05) is 13.7 Å². The molecule has 0 bridgehead atoms. The summed E-state index contributed by atoms with van der Waals surface area (Å²) in [7, 11) is 1.51. The van der Waals surface area contributed by atoms with E-state index in [0.29, 0.717) is 30.4 Å². The first-order valence-electron chi connectivity index (χ1n) is 8.57. The summed E-state index contributed by atoms with van der Waals surface area (Å²) in [6.07, 6.45) is 1.73. The third-order valence-corrected chi connectivity index (χ3v) is 3.78. The lowest BCUT2D eigenvalue weighted by Gasteiger charge is -2.14. The molecule has 6 nitrogen and oxygen atoms in total. The molecule has 8 heteroatoms. The zero-order chi connectivity index (χ0) is 19.6. The van der Waals surface area contributed by atoms with E-state index < -0.39 is 6.61 Å². The lowest BCUT2D eigenvalue weighted by atomic mass is 10.2. The van der Waals surface area contributed by atoms with Crippen LogP contribution in [0.2, 0.25) is 0 Å². The number of aliphatic imine (C=N–C) groups is 1. The van der Waals surface area contributed by atoms with Gasteiger partial charge in [0.25, 0.3) is 0 Å². The summed E-state index contributed by atoms with van der Waals surface area (Å²) >= 11 is 0. The predicted molar refractivity (Wildman–Crippen MR) is 100 cm³/mol. The number of benzene rings is 1. The molecule has 0 spiro atoms. The van der Waals surface area contributed by atoms with Crippen LogP contribution in [0.25, 0.3) is 0 Å². The van der Waals surface area contributed by atoms with Crippen LogP contribution in [0.15, 0.2) is 41.5 Å². The molecular weight excluding hydrogens is 354 g/mol.